The summed E-state index contributed by atoms with van der Waals surface area (Å²) < 4.78 is 28.5. The van der Waals surface area contributed by atoms with Crippen molar-refractivity contribution in [3.8, 4) is 0 Å². The van der Waals surface area contributed by atoms with Gasteiger partial charge in [0.25, 0.3) is 0 Å². The second-order valence-electron chi connectivity index (χ2n) is 6.29. The lowest BCUT2D eigenvalue weighted by atomic mass is 10.3. The molecular formula is C20H18F2N4O2S3. The highest BCUT2D eigenvalue weighted by atomic mass is 32.2. The summed E-state index contributed by atoms with van der Waals surface area (Å²) in [5.74, 6) is -1.75. The molecule has 2 aromatic carbocycles. The Morgan fingerprint density at radius 1 is 0.806 bits per heavy atom. The van der Waals surface area contributed by atoms with Crippen LogP contribution in [0.25, 0.3) is 0 Å². The van der Waals surface area contributed by atoms with Crippen molar-refractivity contribution in [1.29, 1.82) is 0 Å². The van der Waals surface area contributed by atoms with Crippen LogP contribution in [0.2, 0.25) is 0 Å². The number of rotatable bonds is 8. The Labute approximate surface area is 190 Å². The molecule has 0 aliphatic carbocycles. The van der Waals surface area contributed by atoms with E-state index in [1.165, 1.54) is 59.1 Å². The summed E-state index contributed by atoms with van der Waals surface area (Å²) >= 11 is 3.61. The zero-order chi connectivity index (χ0) is 22.4. The van der Waals surface area contributed by atoms with Crippen LogP contribution in [0.5, 0.6) is 0 Å². The van der Waals surface area contributed by atoms with Crippen molar-refractivity contribution >= 4 is 58.0 Å². The normalized spacial score (nSPS) is 12.8. The van der Waals surface area contributed by atoms with E-state index in [9.17, 15) is 18.4 Å². The molecule has 0 radical (unpaired) electrons. The van der Waals surface area contributed by atoms with E-state index in [1.807, 2.05) is 0 Å². The highest BCUT2D eigenvalue weighted by Gasteiger charge is 2.21. The summed E-state index contributed by atoms with van der Waals surface area (Å²) in [4.78, 5) is 24.6. The number of aromatic nitrogens is 2. The number of para-hydroxylation sites is 2. The number of halogens is 2. The topological polar surface area (TPSA) is 84.0 Å². The number of anilines is 2. The number of carbonyl (C=O) groups is 2. The molecule has 162 valence electrons. The third-order valence-corrected chi connectivity index (χ3v) is 7.24. The number of thioether (sulfide) groups is 2. The van der Waals surface area contributed by atoms with Crippen molar-refractivity contribution in [2.45, 2.75) is 33.0 Å². The Morgan fingerprint density at radius 3 is 1.58 bits per heavy atom. The van der Waals surface area contributed by atoms with Crippen molar-refractivity contribution in [2.24, 2.45) is 0 Å². The molecule has 11 heteroatoms. The lowest BCUT2D eigenvalue weighted by Gasteiger charge is -2.11. The molecule has 0 saturated heterocycles. The average molecular weight is 481 g/mol. The van der Waals surface area contributed by atoms with Crippen molar-refractivity contribution in [3.63, 3.8) is 0 Å². The first-order chi connectivity index (χ1) is 14.8. The van der Waals surface area contributed by atoms with E-state index in [-0.39, 0.29) is 23.2 Å². The van der Waals surface area contributed by atoms with Crippen LogP contribution in [-0.2, 0) is 9.59 Å². The van der Waals surface area contributed by atoms with Crippen LogP contribution in [-0.4, -0.2) is 32.5 Å². The predicted molar refractivity (Wildman–Crippen MR) is 121 cm³/mol. The molecule has 3 aromatic rings. The minimum atomic E-state index is -0.535. The van der Waals surface area contributed by atoms with Crippen LogP contribution < -0.4 is 10.6 Å². The van der Waals surface area contributed by atoms with Crippen LogP contribution in [0.1, 0.15) is 13.8 Å². The summed E-state index contributed by atoms with van der Waals surface area (Å²) in [6.45, 7) is 3.36. The summed E-state index contributed by atoms with van der Waals surface area (Å²) in [6, 6.07) is 11.9. The Kier molecular flexibility index (Phi) is 7.99. The largest absolute Gasteiger partial charge is 0.323 e. The fourth-order valence-corrected chi connectivity index (χ4v) is 5.60. The van der Waals surface area contributed by atoms with Gasteiger partial charge in [0, 0.05) is 0 Å². The Hall–Kier alpha value is -2.50. The number of nitrogens with one attached hydrogen (secondary N) is 2. The molecule has 0 aliphatic heterocycles. The molecule has 6 nitrogen and oxygen atoms in total. The lowest BCUT2D eigenvalue weighted by Crippen LogP contribution is -2.22. The molecule has 1 aromatic heterocycles. The number of amides is 2. The molecule has 2 unspecified atom stereocenters. The second kappa shape index (κ2) is 10.7. The fraction of sp³-hybridized carbons (Fsp3) is 0.200. The van der Waals surface area contributed by atoms with E-state index in [2.05, 4.69) is 20.8 Å². The predicted octanol–water partition coefficient (Wildman–Crippen LogP) is 5.05. The third kappa shape index (κ3) is 6.49. The van der Waals surface area contributed by atoms with Gasteiger partial charge in [-0.15, -0.1) is 10.2 Å². The maximum absolute atomic E-state index is 13.7. The minimum absolute atomic E-state index is 0.114. The first-order valence-electron chi connectivity index (χ1n) is 9.11. The molecule has 0 fully saturated rings. The summed E-state index contributed by atoms with van der Waals surface area (Å²) in [5, 5.41) is 12.1. The van der Waals surface area contributed by atoms with E-state index in [4.69, 9.17) is 0 Å². The highest BCUT2D eigenvalue weighted by Crippen LogP contribution is 2.33. The van der Waals surface area contributed by atoms with E-state index < -0.39 is 22.1 Å². The molecule has 3 rings (SSSR count). The van der Waals surface area contributed by atoms with Gasteiger partial charge < -0.3 is 10.6 Å². The van der Waals surface area contributed by atoms with Crippen molar-refractivity contribution in [1.82, 2.24) is 10.2 Å². The van der Waals surface area contributed by atoms with Crippen LogP contribution in [0, 0.1) is 11.6 Å². The molecule has 0 aliphatic rings. The molecule has 0 bridgehead atoms. The number of benzene rings is 2. The van der Waals surface area contributed by atoms with Crippen LogP contribution >= 0.6 is 34.9 Å². The van der Waals surface area contributed by atoms with E-state index in [0.29, 0.717) is 8.68 Å². The van der Waals surface area contributed by atoms with Gasteiger partial charge in [0.1, 0.15) is 11.6 Å². The quantitative estimate of drug-likeness (QED) is 0.439. The van der Waals surface area contributed by atoms with Crippen LogP contribution in [0.3, 0.4) is 0 Å². The molecule has 2 amide bonds. The number of hydrogen-bond donors (Lipinski definition) is 2. The van der Waals surface area contributed by atoms with Gasteiger partial charge in [0.15, 0.2) is 8.68 Å². The maximum atomic E-state index is 13.7. The SMILES string of the molecule is CC(Sc1nnc(SC(C)C(=O)Nc2ccccc2F)s1)C(=O)Nc1ccccc1F. The summed E-state index contributed by atoms with van der Waals surface area (Å²) in [5.41, 5.74) is 0.228. The second-order valence-corrected chi connectivity index (χ2v) is 10.4. The number of nitrogens with zero attached hydrogens (tertiary/aromatic N) is 2. The number of hydrogen-bond acceptors (Lipinski definition) is 7. The van der Waals surface area contributed by atoms with Gasteiger partial charge in [-0.25, -0.2) is 8.78 Å². The third-order valence-electron chi connectivity index (χ3n) is 3.95. The van der Waals surface area contributed by atoms with E-state index in [0.717, 1.165) is 0 Å². The maximum Gasteiger partial charge on any atom is 0.237 e. The Balaban J connectivity index is 1.53. The smallest absolute Gasteiger partial charge is 0.237 e. The zero-order valence-corrected chi connectivity index (χ0v) is 18.9. The molecule has 0 saturated carbocycles. The highest BCUT2D eigenvalue weighted by molar-refractivity contribution is 8.04. The molecule has 0 spiro atoms. The zero-order valence-electron chi connectivity index (χ0n) is 16.5. The van der Waals surface area contributed by atoms with Gasteiger partial charge in [0.05, 0.1) is 21.9 Å². The minimum Gasteiger partial charge on any atom is -0.323 e. The van der Waals surface area contributed by atoms with Crippen molar-refractivity contribution in [2.75, 3.05) is 10.6 Å². The molecule has 31 heavy (non-hydrogen) atoms. The Bertz CT molecular complexity index is 998. The van der Waals surface area contributed by atoms with E-state index in [1.54, 1.807) is 38.1 Å². The van der Waals surface area contributed by atoms with Gasteiger partial charge in [-0.05, 0) is 38.1 Å². The standard InChI is InChI=1S/C20H18F2N4O2S3/c1-11(17(27)23-15-9-5-3-7-13(15)21)29-19-25-26-20(31-19)30-12(2)18(28)24-16-10-6-4-8-14(16)22/h3-12H,1-2H3,(H,23,27)(H,24,28). The Morgan fingerprint density at radius 2 is 1.19 bits per heavy atom. The lowest BCUT2D eigenvalue weighted by molar-refractivity contribution is -0.116. The van der Waals surface area contributed by atoms with Crippen molar-refractivity contribution in [3.05, 3.63) is 60.2 Å². The summed E-state index contributed by atoms with van der Waals surface area (Å²) in [7, 11) is 0. The molecule has 1 heterocycles. The van der Waals surface area contributed by atoms with Crippen molar-refractivity contribution < 1.29 is 18.4 Å². The van der Waals surface area contributed by atoms with Gasteiger partial charge in [-0.2, -0.15) is 0 Å². The van der Waals surface area contributed by atoms with Gasteiger partial charge in [-0.3, -0.25) is 9.59 Å². The van der Waals surface area contributed by atoms with Crippen LogP contribution in [0.4, 0.5) is 20.2 Å². The van der Waals surface area contributed by atoms with Gasteiger partial charge in [0.2, 0.25) is 11.8 Å². The molecule has 2 atom stereocenters. The van der Waals surface area contributed by atoms with Crippen LogP contribution in [0.15, 0.2) is 57.2 Å². The van der Waals surface area contributed by atoms with Gasteiger partial charge >= 0.3 is 0 Å². The van der Waals surface area contributed by atoms with E-state index >= 15 is 0 Å². The monoisotopic (exact) mass is 480 g/mol. The average Bonchev–Trinajstić information content (AvgIpc) is 3.17. The number of carbonyl (C=O) groups excluding carboxylic acids is 2. The first-order valence-corrected chi connectivity index (χ1v) is 11.7. The fourth-order valence-electron chi connectivity index (χ4n) is 2.30. The molecular weight excluding hydrogens is 462 g/mol. The van der Waals surface area contributed by atoms with Gasteiger partial charge in [-0.1, -0.05) is 59.1 Å². The molecule has 2 N–H and O–H groups in total. The summed E-state index contributed by atoms with van der Waals surface area (Å²) in [6.07, 6.45) is 0. The first kappa shape index (κ1) is 23.2.